The molecule has 1 atom stereocenters. The summed E-state index contributed by atoms with van der Waals surface area (Å²) in [5, 5.41) is 22.7. The number of hydrogen-bond acceptors (Lipinski definition) is 4. The van der Waals surface area contributed by atoms with E-state index in [2.05, 4.69) is 5.32 Å². The summed E-state index contributed by atoms with van der Waals surface area (Å²) in [4.78, 5) is 0. The van der Waals surface area contributed by atoms with Crippen molar-refractivity contribution in [2.45, 2.75) is 32.2 Å². The van der Waals surface area contributed by atoms with Gasteiger partial charge in [0.25, 0.3) is 0 Å². The van der Waals surface area contributed by atoms with Crippen molar-refractivity contribution in [1.29, 1.82) is 0 Å². The van der Waals surface area contributed by atoms with Gasteiger partial charge >= 0.3 is 0 Å². The van der Waals surface area contributed by atoms with E-state index in [4.69, 9.17) is 4.74 Å². The number of phenols is 2. The molecule has 0 heterocycles. The van der Waals surface area contributed by atoms with Gasteiger partial charge in [-0.3, -0.25) is 0 Å². The molecule has 0 aromatic heterocycles. The largest absolute Gasteiger partial charge is 0.507 e. The quantitative estimate of drug-likeness (QED) is 0.623. The fraction of sp³-hybridized carbons (Fsp3) is 0.571. The van der Waals surface area contributed by atoms with Gasteiger partial charge in [-0.25, -0.2) is 0 Å². The maximum absolute atomic E-state index is 9.72. The number of rotatable bonds is 8. The van der Waals surface area contributed by atoms with Gasteiger partial charge in [-0.2, -0.15) is 0 Å². The predicted molar refractivity (Wildman–Crippen MR) is 71.9 cm³/mol. The molecule has 0 amide bonds. The Morgan fingerprint density at radius 1 is 1.17 bits per heavy atom. The van der Waals surface area contributed by atoms with E-state index in [1.165, 1.54) is 0 Å². The second-order valence-electron chi connectivity index (χ2n) is 4.44. The number of ether oxygens (including phenoxy) is 1. The van der Waals surface area contributed by atoms with E-state index < -0.39 is 0 Å². The summed E-state index contributed by atoms with van der Waals surface area (Å²) in [7, 11) is 1.71. The highest BCUT2D eigenvalue weighted by Gasteiger charge is 2.13. The van der Waals surface area contributed by atoms with E-state index in [1.807, 2.05) is 6.92 Å². The van der Waals surface area contributed by atoms with Crippen LogP contribution >= 0.6 is 0 Å². The van der Waals surface area contributed by atoms with E-state index in [-0.39, 0.29) is 17.5 Å². The number of methoxy groups -OCH3 is 1. The Kier molecular flexibility index (Phi) is 6.54. The molecule has 4 nitrogen and oxygen atoms in total. The zero-order valence-electron chi connectivity index (χ0n) is 11.1. The Hall–Kier alpha value is -1.26. The minimum atomic E-state index is -0.0615. The summed E-state index contributed by atoms with van der Waals surface area (Å²) in [5.74, 6) is 0.267. The number of aromatic hydroxyl groups is 2. The molecular weight excluding hydrogens is 230 g/mol. The maximum Gasteiger partial charge on any atom is 0.124 e. The maximum atomic E-state index is 9.72. The molecule has 1 aromatic rings. The average molecular weight is 253 g/mol. The lowest BCUT2D eigenvalue weighted by molar-refractivity contribution is 0.192. The highest BCUT2D eigenvalue weighted by Crippen LogP contribution is 2.31. The Balaban J connectivity index is 2.34. The van der Waals surface area contributed by atoms with Crippen LogP contribution in [0.15, 0.2) is 18.2 Å². The first kappa shape index (κ1) is 14.8. The fourth-order valence-electron chi connectivity index (χ4n) is 1.95. The lowest BCUT2D eigenvalue weighted by Gasteiger charge is -2.16. The monoisotopic (exact) mass is 253 g/mol. The van der Waals surface area contributed by atoms with E-state index in [9.17, 15) is 10.2 Å². The van der Waals surface area contributed by atoms with Crippen LogP contribution in [0, 0.1) is 0 Å². The van der Waals surface area contributed by atoms with Crippen molar-refractivity contribution in [3.63, 3.8) is 0 Å². The number of unbranched alkanes of at least 4 members (excludes halogenated alkanes) is 2. The lowest BCUT2D eigenvalue weighted by Crippen LogP contribution is -2.20. The Morgan fingerprint density at radius 3 is 2.44 bits per heavy atom. The highest BCUT2D eigenvalue weighted by molar-refractivity contribution is 5.44. The minimum absolute atomic E-state index is 0.0615. The normalized spacial score (nSPS) is 12.6. The third kappa shape index (κ3) is 4.55. The van der Waals surface area contributed by atoms with Gasteiger partial charge in [0.05, 0.1) is 5.56 Å². The molecular formula is C14H23NO3. The van der Waals surface area contributed by atoms with Gasteiger partial charge in [-0.15, -0.1) is 0 Å². The van der Waals surface area contributed by atoms with E-state index >= 15 is 0 Å². The fourth-order valence-corrected chi connectivity index (χ4v) is 1.95. The molecule has 0 saturated carbocycles. The average Bonchev–Trinajstić information content (AvgIpc) is 2.33. The first-order valence-electron chi connectivity index (χ1n) is 6.40. The summed E-state index contributed by atoms with van der Waals surface area (Å²) in [6.07, 6.45) is 3.23. The van der Waals surface area contributed by atoms with Gasteiger partial charge in [0.15, 0.2) is 0 Å². The molecule has 0 aliphatic heterocycles. The third-order valence-electron chi connectivity index (χ3n) is 2.97. The van der Waals surface area contributed by atoms with Crippen LogP contribution in [0.2, 0.25) is 0 Å². The lowest BCUT2D eigenvalue weighted by atomic mass is 10.1. The van der Waals surface area contributed by atoms with Gasteiger partial charge in [-0.05, 0) is 44.9 Å². The Morgan fingerprint density at radius 2 is 1.83 bits per heavy atom. The summed E-state index contributed by atoms with van der Waals surface area (Å²) in [6, 6.07) is 4.75. The number of nitrogens with one attached hydrogen (secondary N) is 1. The molecule has 0 aliphatic carbocycles. The minimum Gasteiger partial charge on any atom is -0.507 e. The summed E-state index contributed by atoms with van der Waals surface area (Å²) in [6.45, 7) is 3.60. The van der Waals surface area contributed by atoms with Gasteiger partial charge in [-0.1, -0.05) is 6.07 Å². The van der Waals surface area contributed by atoms with Crippen molar-refractivity contribution in [3.05, 3.63) is 23.8 Å². The van der Waals surface area contributed by atoms with Crippen LogP contribution in [-0.2, 0) is 4.74 Å². The predicted octanol–water partition coefficient (Wildman–Crippen LogP) is 2.57. The molecule has 4 heteroatoms. The van der Waals surface area contributed by atoms with Crippen molar-refractivity contribution < 1.29 is 14.9 Å². The summed E-state index contributed by atoms with van der Waals surface area (Å²) in [5.41, 5.74) is 0.564. The van der Waals surface area contributed by atoms with Gasteiger partial charge < -0.3 is 20.3 Å². The number of benzene rings is 1. The van der Waals surface area contributed by atoms with Crippen LogP contribution in [0.5, 0.6) is 11.5 Å². The van der Waals surface area contributed by atoms with E-state index in [0.717, 1.165) is 32.4 Å². The van der Waals surface area contributed by atoms with Gasteiger partial charge in [0, 0.05) is 19.8 Å². The molecule has 3 N–H and O–H groups in total. The SMILES string of the molecule is COCCCCCNC(C)c1c(O)cccc1O. The molecule has 0 saturated heterocycles. The molecule has 1 unspecified atom stereocenters. The molecule has 1 aromatic carbocycles. The first-order chi connectivity index (χ1) is 8.66. The van der Waals surface area contributed by atoms with E-state index in [1.54, 1.807) is 25.3 Å². The van der Waals surface area contributed by atoms with Crippen molar-refractivity contribution >= 4 is 0 Å². The smallest absolute Gasteiger partial charge is 0.124 e. The first-order valence-corrected chi connectivity index (χ1v) is 6.40. The van der Waals surface area contributed by atoms with Gasteiger partial charge in [0.2, 0.25) is 0 Å². The molecule has 0 fully saturated rings. The van der Waals surface area contributed by atoms with Crippen LogP contribution in [-0.4, -0.2) is 30.5 Å². The molecule has 0 bridgehead atoms. The summed E-state index contributed by atoms with van der Waals surface area (Å²) < 4.78 is 4.98. The topological polar surface area (TPSA) is 61.7 Å². The second kappa shape index (κ2) is 7.95. The number of phenolic OH excluding ortho intramolecular Hbond substituents is 2. The molecule has 102 valence electrons. The molecule has 0 radical (unpaired) electrons. The van der Waals surface area contributed by atoms with Crippen LogP contribution in [0.25, 0.3) is 0 Å². The summed E-state index contributed by atoms with van der Waals surface area (Å²) >= 11 is 0. The van der Waals surface area contributed by atoms with Crippen LogP contribution in [0.1, 0.15) is 37.8 Å². The third-order valence-corrected chi connectivity index (χ3v) is 2.97. The molecule has 1 rings (SSSR count). The van der Waals surface area contributed by atoms with Crippen molar-refractivity contribution in [3.8, 4) is 11.5 Å². The number of hydrogen-bond donors (Lipinski definition) is 3. The van der Waals surface area contributed by atoms with Crippen molar-refractivity contribution in [2.75, 3.05) is 20.3 Å². The van der Waals surface area contributed by atoms with Crippen molar-refractivity contribution in [1.82, 2.24) is 5.32 Å². The van der Waals surface area contributed by atoms with Crippen molar-refractivity contribution in [2.24, 2.45) is 0 Å². The zero-order chi connectivity index (χ0) is 13.4. The van der Waals surface area contributed by atoms with Gasteiger partial charge in [0.1, 0.15) is 11.5 Å². The molecule has 0 aliphatic rings. The molecule has 18 heavy (non-hydrogen) atoms. The van der Waals surface area contributed by atoms with Crippen LogP contribution in [0.4, 0.5) is 0 Å². The zero-order valence-corrected chi connectivity index (χ0v) is 11.1. The van der Waals surface area contributed by atoms with Crippen LogP contribution < -0.4 is 5.32 Å². The second-order valence-corrected chi connectivity index (χ2v) is 4.44. The Labute approximate surface area is 109 Å². The highest BCUT2D eigenvalue weighted by atomic mass is 16.5. The van der Waals surface area contributed by atoms with E-state index in [0.29, 0.717) is 5.56 Å². The van der Waals surface area contributed by atoms with Crippen LogP contribution in [0.3, 0.4) is 0 Å². The standard InChI is InChI=1S/C14H23NO3/c1-11(15-9-4-3-5-10-18-2)14-12(16)7-6-8-13(14)17/h6-8,11,15-17H,3-5,9-10H2,1-2H3. The Bertz CT molecular complexity index is 335. The molecule has 0 spiro atoms.